The molecule has 3 heteroatoms. The van der Waals surface area contributed by atoms with Crippen LogP contribution in [0.2, 0.25) is 0 Å². The van der Waals surface area contributed by atoms with Crippen LogP contribution in [0.1, 0.15) is 19.3 Å². The summed E-state index contributed by atoms with van der Waals surface area (Å²) in [5.74, 6) is -0.736. The maximum absolute atomic E-state index is 10.7. The number of nitrogens with zero attached hydrogens (tertiary/aromatic N) is 1. The molecule has 0 amide bonds. The van der Waals surface area contributed by atoms with Crippen molar-refractivity contribution in [3.8, 4) is 0 Å². The molecule has 2 aliphatic rings. The molecular formula is C9H13NO2. The second kappa shape index (κ2) is 2.59. The Kier molecular flexibility index (Phi) is 1.68. The van der Waals surface area contributed by atoms with Crippen LogP contribution in [0.3, 0.4) is 0 Å². The van der Waals surface area contributed by atoms with E-state index in [1.165, 1.54) is 0 Å². The van der Waals surface area contributed by atoms with Gasteiger partial charge < -0.3 is 5.11 Å². The Morgan fingerprint density at radius 3 is 3.00 bits per heavy atom. The van der Waals surface area contributed by atoms with Crippen molar-refractivity contribution in [2.24, 2.45) is 0 Å². The van der Waals surface area contributed by atoms with Crippen LogP contribution in [0.4, 0.5) is 0 Å². The zero-order valence-electron chi connectivity index (χ0n) is 7.16. The smallest absolute Gasteiger partial charge is 0.331 e. The zero-order chi connectivity index (χ0) is 8.72. The highest BCUT2D eigenvalue weighted by Crippen LogP contribution is 2.33. The van der Waals surface area contributed by atoms with Crippen LogP contribution < -0.4 is 0 Å². The van der Waals surface area contributed by atoms with E-state index < -0.39 is 5.97 Å². The SMILES string of the molecule is CN1[C@H]2CC[C@@H]1C=C(C(=O)O)C2. The van der Waals surface area contributed by atoms with Gasteiger partial charge in [-0.05, 0) is 26.3 Å². The molecule has 2 atom stereocenters. The molecule has 0 spiro atoms. The van der Waals surface area contributed by atoms with Crippen molar-refractivity contribution >= 4 is 5.97 Å². The maximum atomic E-state index is 10.7. The summed E-state index contributed by atoms with van der Waals surface area (Å²) in [6, 6.07) is 0.862. The third kappa shape index (κ3) is 1.05. The number of likely N-dealkylation sites (N-methyl/N-ethyl adjacent to an activating group) is 1. The lowest BCUT2D eigenvalue weighted by molar-refractivity contribution is -0.133. The van der Waals surface area contributed by atoms with Gasteiger partial charge in [0.05, 0.1) is 0 Å². The van der Waals surface area contributed by atoms with Gasteiger partial charge in [-0.1, -0.05) is 6.08 Å². The fourth-order valence-corrected chi connectivity index (χ4v) is 2.20. The number of hydrogen-bond donors (Lipinski definition) is 1. The predicted octanol–water partition coefficient (Wildman–Crippen LogP) is 0.864. The first-order valence-corrected chi connectivity index (χ1v) is 4.34. The fraction of sp³-hybridized carbons (Fsp3) is 0.667. The standard InChI is InChI=1S/C9H13NO2/c1-10-7-2-3-8(10)5-6(4-7)9(11)12/h4,7-8H,2-3,5H2,1H3,(H,11,12)/t7-,8+/m1/s1. The molecule has 2 bridgehead atoms. The minimum atomic E-state index is -0.736. The molecule has 2 heterocycles. The average molecular weight is 167 g/mol. The highest BCUT2D eigenvalue weighted by Gasteiger charge is 2.35. The highest BCUT2D eigenvalue weighted by molar-refractivity contribution is 5.87. The molecule has 0 aromatic carbocycles. The van der Waals surface area contributed by atoms with Crippen molar-refractivity contribution in [2.75, 3.05) is 7.05 Å². The van der Waals surface area contributed by atoms with Crippen LogP contribution in [0.5, 0.6) is 0 Å². The van der Waals surface area contributed by atoms with Crippen molar-refractivity contribution in [1.82, 2.24) is 4.90 Å². The second-order valence-corrected chi connectivity index (χ2v) is 3.67. The molecule has 0 saturated carbocycles. The van der Waals surface area contributed by atoms with Gasteiger partial charge in [-0.3, -0.25) is 4.90 Å². The van der Waals surface area contributed by atoms with Gasteiger partial charge in [-0.2, -0.15) is 0 Å². The van der Waals surface area contributed by atoms with Crippen molar-refractivity contribution in [3.05, 3.63) is 11.6 Å². The number of carboxylic acids is 1. The van der Waals surface area contributed by atoms with Crippen molar-refractivity contribution < 1.29 is 9.90 Å². The van der Waals surface area contributed by atoms with Crippen LogP contribution in [-0.4, -0.2) is 35.1 Å². The van der Waals surface area contributed by atoms with Gasteiger partial charge in [0.15, 0.2) is 0 Å². The van der Waals surface area contributed by atoms with Gasteiger partial charge in [-0.15, -0.1) is 0 Å². The Morgan fingerprint density at radius 1 is 1.67 bits per heavy atom. The number of carbonyl (C=O) groups is 1. The zero-order valence-corrected chi connectivity index (χ0v) is 7.16. The van der Waals surface area contributed by atoms with E-state index in [1.807, 2.05) is 6.08 Å². The monoisotopic (exact) mass is 167 g/mol. The van der Waals surface area contributed by atoms with E-state index in [2.05, 4.69) is 11.9 Å². The lowest BCUT2D eigenvalue weighted by Gasteiger charge is -2.28. The van der Waals surface area contributed by atoms with E-state index in [0.29, 0.717) is 17.7 Å². The van der Waals surface area contributed by atoms with E-state index in [0.717, 1.165) is 19.3 Å². The van der Waals surface area contributed by atoms with E-state index in [-0.39, 0.29) is 0 Å². The van der Waals surface area contributed by atoms with E-state index in [9.17, 15) is 4.79 Å². The minimum Gasteiger partial charge on any atom is -0.478 e. The average Bonchev–Trinajstić information content (AvgIpc) is 2.30. The van der Waals surface area contributed by atoms with Crippen molar-refractivity contribution in [2.45, 2.75) is 31.3 Å². The summed E-state index contributed by atoms with van der Waals surface area (Å²) in [5.41, 5.74) is 0.612. The molecule has 1 fully saturated rings. The van der Waals surface area contributed by atoms with Gasteiger partial charge in [-0.25, -0.2) is 4.79 Å². The molecule has 1 saturated heterocycles. The second-order valence-electron chi connectivity index (χ2n) is 3.67. The summed E-state index contributed by atoms with van der Waals surface area (Å²) in [4.78, 5) is 13.0. The van der Waals surface area contributed by atoms with Gasteiger partial charge >= 0.3 is 5.97 Å². The van der Waals surface area contributed by atoms with Gasteiger partial charge in [0.2, 0.25) is 0 Å². The first-order chi connectivity index (χ1) is 5.68. The molecule has 0 aromatic heterocycles. The van der Waals surface area contributed by atoms with E-state index in [1.54, 1.807) is 0 Å². The van der Waals surface area contributed by atoms with Gasteiger partial charge in [0.25, 0.3) is 0 Å². The van der Waals surface area contributed by atoms with E-state index >= 15 is 0 Å². The quantitative estimate of drug-likeness (QED) is 0.629. The summed E-state index contributed by atoms with van der Waals surface area (Å²) < 4.78 is 0. The maximum Gasteiger partial charge on any atom is 0.331 e. The van der Waals surface area contributed by atoms with Gasteiger partial charge in [0, 0.05) is 17.7 Å². The lowest BCUT2D eigenvalue weighted by atomic mass is 10.0. The van der Waals surface area contributed by atoms with Crippen LogP contribution in [-0.2, 0) is 4.79 Å². The van der Waals surface area contributed by atoms with Crippen LogP contribution in [0.15, 0.2) is 11.6 Å². The number of hydrogen-bond acceptors (Lipinski definition) is 2. The number of aliphatic carboxylic acids is 1. The number of rotatable bonds is 1. The topological polar surface area (TPSA) is 40.5 Å². The fourth-order valence-electron chi connectivity index (χ4n) is 2.20. The predicted molar refractivity (Wildman–Crippen MR) is 44.9 cm³/mol. The first-order valence-electron chi connectivity index (χ1n) is 4.34. The molecule has 0 aromatic rings. The summed E-state index contributed by atoms with van der Waals surface area (Å²) in [6.45, 7) is 0. The Labute approximate surface area is 71.7 Å². The molecule has 0 unspecified atom stereocenters. The molecule has 2 rings (SSSR count). The number of fused-ring (bicyclic) bond motifs is 2. The third-order valence-corrected chi connectivity index (χ3v) is 3.02. The van der Waals surface area contributed by atoms with Gasteiger partial charge in [0.1, 0.15) is 0 Å². The van der Waals surface area contributed by atoms with Crippen LogP contribution >= 0.6 is 0 Å². The molecule has 2 aliphatic heterocycles. The first kappa shape index (κ1) is 7.80. The van der Waals surface area contributed by atoms with Crippen LogP contribution in [0, 0.1) is 0 Å². The summed E-state index contributed by atoms with van der Waals surface area (Å²) >= 11 is 0. The molecule has 66 valence electrons. The van der Waals surface area contributed by atoms with Crippen molar-refractivity contribution in [3.63, 3.8) is 0 Å². The molecule has 0 radical (unpaired) electrons. The largest absolute Gasteiger partial charge is 0.478 e. The van der Waals surface area contributed by atoms with E-state index in [4.69, 9.17) is 5.11 Å². The number of carboxylic acid groups (broad SMARTS) is 1. The Balaban J connectivity index is 2.23. The summed E-state index contributed by atoms with van der Waals surface area (Å²) in [7, 11) is 2.08. The third-order valence-electron chi connectivity index (χ3n) is 3.02. The molecule has 0 aliphatic carbocycles. The van der Waals surface area contributed by atoms with Crippen LogP contribution in [0.25, 0.3) is 0 Å². The highest BCUT2D eigenvalue weighted by atomic mass is 16.4. The minimum absolute atomic E-state index is 0.384. The summed E-state index contributed by atoms with van der Waals surface area (Å²) in [6.07, 6.45) is 4.90. The molecule has 3 nitrogen and oxygen atoms in total. The molecular weight excluding hydrogens is 154 g/mol. The lowest BCUT2D eigenvalue weighted by Crippen LogP contribution is -2.36. The summed E-state index contributed by atoms with van der Waals surface area (Å²) in [5, 5.41) is 8.80. The Morgan fingerprint density at radius 2 is 2.42 bits per heavy atom. The Bertz CT molecular complexity index is 247. The van der Waals surface area contributed by atoms with Crippen molar-refractivity contribution in [1.29, 1.82) is 0 Å². The normalized spacial score (nSPS) is 34.9. The molecule has 12 heavy (non-hydrogen) atoms. The molecule has 1 N–H and O–H groups in total. The Hall–Kier alpha value is -0.830.